The van der Waals surface area contributed by atoms with Crippen LogP contribution in [0.1, 0.15) is 25.0 Å². The van der Waals surface area contributed by atoms with E-state index in [2.05, 4.69) is 4.74 Å². The predicted molar refractivity (Wildman–Crippen MR) is 80.0 cm³/mol. The lowest BCUT2D eigenvalue weighted by atomic mass is 10.2. The van der Waals surface area contributed by atoms with E-state index in [1.54, 1.807) is 0 Å². The van der Waals surface area contributed by atoms with E-state index in [-0.39, 0.29) is 12.4 Å². The van der Waals surface area contributed by atoms with Crippen LogP contribution in [-0.2, 0) is 6.61 Å². The van der Waals surface area contributed by atoms with Gasteiger partial charge in [0.05, 0.1) is 0 Å². The van der Waals surface area contributed by atoms with Crippen LogP contribution in [0.5, 0.6) is 11.5 Å². The molecule has 2 nitrogen and oxygen atoms in total. The van der Waals surface area contributed by atoms with Crippen molar-refractivity contribution in [2.24, 2.45) is 0 Å². The van der Waals surface area contributed by atoms with Gasteiger partial charge in [0.2, 0.25) is 0 Å². The Labute approximate surface area is 128 Å². The number of hydrogen-bond donors (Lipinski definition) is 0. The highest BCUT2D eigenvalue weighted by atomic mass is 19.4. The molecule has 0 atom stereocenters. The fourth-order valence-corrected chi connectivity index (χ4v) is 1.66. The van der Waals surface area contributed by atoms with Gasteiger partial charge in [0.15, 0.2) is 0 Å². The lowest BCUT2D eigenvalue weighted by molar-refractivity contribution is -0.274. The van der Waals surface area contributed by atoms with Crippen LogP contribution in [0.3, 0.4) is 0 Å². The normalized spacial score (nSPS) is 10.5. The largest absolute Gasteiger partial charge is 0.573 e. The zero-order valence-electron chi connectivity index (χ0n) is 12.8. The molecule has 0 aliphatic heterocycles. The molecular weight excluding hydrogens is 293 g/mol. The van der Waals surface area contributed by atoms with Crippen LogP contribution in [0.25, 0.3) is 0 Å². The van der Waals surface area contributed by atoms with Gasteiger partial charge in [-0.05, 0) is 42.3 Å². The van der Waals surface area contributed by atoms with Gasteiger partial charge in [-0.25, -0.2) is 0 Å². The van der Waals surface area contributed by atoms with Crippen LogP contribution < -0.4 is 9.47 Å². The number of benzene rings is 2. The number of hydrogen-bond acceptors (Lipinski definition) is 2. The summed E-state index contributed by atoms with van der Waals surface area (Å²) < 4.78 is 45.4. The molecule has 0 heterocycles. The van der Waals surface area contributed by atoms with Gasteiger partial charge in [0, 0.05) is 0 Å². The smallest absolute Gasteiger partial charge is 0.489 e. The standard InChI is InChI=1S/C15H13F3O2.C2H6/c1-11-3-2-4-14(9-11)19-10-12-5-7-13(8-6-12)20-15(16,17)18;1-2/h2-9H,10H2,1H3;1-2H3. The van der Waals surface area contributed by atoms with Crippen molar-refractivity contribution in [1.29, 1.82) is 0 Å². The minimum Gasteiger partial charge on any atom is -0.489 e. The van der Waals surface area contributed by atoms with Crippen molar-refractivity contribution in [3.63, 3.8) is 0 Å². The Morgan fingerprint density at radius 3 is 2.09 bits per heavy atom. The average molecular weight is 312 g/mol. The maximum Gasteiger partial charge on any atom is 0.573 e. The molecule has 0 saturated heterocycles. The first-order valence-corrected chi connectivity index (χ1v) is 6.96. The molecule has 0 fully saturated rings. The summed E-state index contributed by atoms with van der Waals surface area (Å²) in [5, 5.41) is 0. The van der Waals surface area contributed by atoms with Gasteiger partial charge in [0.25, 0.3) is 0 Å². The van der Waals surface area contributed by atoms with Crippen molar-refractivity contribution in [2.75, 3.05) is 0 Å². The average Bonchev–Trinajstić information content (AvgIpc) is 2.47. The minimum absolute atomic E-state index is 0.239. The molecule has 0 unspecified atom stereocenters. The molecule has 22 heavy (non-hydrogen) atoms. The van der Waals surface area contributed by atoms with Gasteiger partial charge < -0.3 is 9.47 Å². The summed E-state index contributed by atoms with van der Waals surface area (Å²) in [5.74, 6) is 0.484. The van der Waals surface area contributed by atoms with Crippen LogP contribution in [0, 0.1) is 6.92 Å². The molecule has 0 aliphatic rings. The van der Waals surface area contributed by atoms with E-state index in [0.717, 1.165) is 16.9 Å². The lowest BCUT2D eigenvalue weighted by Crippen LogP contribution is -2.17. The predicted octanol–water partition coefficient (Wildman–Crippen LogP) is 5.50. The van der Waals surface area contributed by atoms with Gasteiger partial charge in [-0.2, -0.15) is 0 Å². The summed E-state index contributed by atoms with van der Waals surface area (Å²) >= 11 is 0. The summed E-state index contributed by atoms with van der Waals surface area (Å²) in [6.07, 6.45) is -4.67. The topological polar surface area (TPSA) is 18.5 Å². The molecule has 0 bridgehead atoms. The third-order valence-corrected chi connectivity index (χ3v) is 2.55. The van der Waals surface area contributed by atoms with E-state index >= 15 is 0 Å². The van der Waals surface area contributed by atoms with Crippen LogP contribution in [0.15, 0.2) is 48.5 Å². The Morgan fingerprint density at radius 1 is 0.909 bits per heavy atom. The van der Waals surface area contributed by atoms with Crippen molar-refractivity contribution < 1.29 is 22.6 Å². The van der Waals surface area contributed by atoms with E-state index in [9.17, 15) is 13.2 Å². The van der Waals surface area contributed by atoms with E-state index < -0.39 is 6.36 Å². The second-order valence-corrected chi connectivity index (χ2v) is 4.30. The minimum atomic E-state index is -4.67. The molecule has 0 amide bonds. The van der Waals surface area contributed by atoms with Crippen LogP contribution in [0.2, 0.25) is 0 Å². The molecule has 5 heteroatoms. The number of aryl methyl sites for hydroxylation is 1. The molecule has 0 saturated carbocycles. The van der Waals surface area contributed by atoms with E-state index in [1.807, 2.05) is 45.0 Å². The molecule has 0 spiro atoms. The molecule has 2 rings (SSSR count). The van der Waals surface area contributed by atoms with Crippen molar-refractivity contribution in [3.8, 4) is 11.5 Å². The fourth-order valence-electron chi connectivity index (χ4n) is 1.66. The van der Waals surface area contributed by atoms with Gasteiger partial charge >= 0.3 is 6.36 Å². The van der Waals surface area contributed by atoms with Gasteiger partial charge in [-0.3, -0.25) is 0 Å². The quantitative estimate of drug-likeness (QED) is 0.742. The van der Waals surface area contributed by atoms with E-state index in [0.29, 0.717) is 0 Å². The van der Waals surface area contributed by atoms with Crippen molar-refractivity contribution in [2.45, 2.75) is 33.7 Å². The number of alkyl halides is 3. The second kappa shape index (κ2) is 8.32. The third-order valence-electron chi connectivity index (χ3n) is 2.55. The Bertz CT molecular complexity index is 563. The zero-order chi connectivity index (χ0) is 16.6. The third kappa shape index (κ3) is 6.52. The first kappa shape index (κ1) is 17.9. The van der Waals surface area contributed by atoms with Crippen molar-refractivity contribution >= 4 is 0 Å². The van der Waals surface area contributed by atoms with E-state index in [1.165, 1.54) is 24.3 Å². The molecule has 2 aromatic carbocycles. The fraction of sp³-hybridized carbons (Fsp3) is 0.294. The maximum atomic E-state index is 12.0. The summed E-state index contributed by atoms with van der Waals surface area (Å²) in [4.78, 5) is 0. The summed E-state index contributed by atoms with van der Waals surface area (Å²) in [6, 6.07) is 13.2. The molecule has 0 aliphatic carbocycles. The highest BCUT2D eigenvalue weighted by Gasteiger charge is 2.30. The Hall–Kier alpha value is -2.17. The number of rotatable bonds is 4. The number of halogens is 3. The van der Waals surface area contributed by atoms with Crippen LogP contribution in [0.4, 0.5) is 13.2 Å². The maximum absolute atomic E-state index is 12.0. The van der Waals surface area contributed by atoms with Gasteiger partial charge in [-0.1, -0.05) is 38.1 Å². The monoisotopic (exact) mass is 312 g/mol. The van der Waals surface area contributed by atoms with Gasteiger partial charge in [-0.15, -0.1) is 13.2 Å². The first-order chi connectivity index (χ1) is 10.4. The summed E-state index contributed by atoms with van der Waals surface area (Å²) in [5.41, 5.74) is 1.84. The molecule has 2 aromatic rings. The summed E-state index contributed by atoms with van der Waals surface area (Å²) in [7, 11) is 0. The first-order valence-electron chi connectivity index (χ1n) is 6.96. The Kier molecular flexibility index (Phi) is 6.76. The highest BCUT2D eigenvalue weighted by Crippen LogP contribution is 2.23. The Balaban J connectivity index is 0.00000116. The lowest BCUT2D eigenvalue weighted by Gasteiger charge is -2.10. The van der Waals surface area contributed by atoms with Crippen molar-refractivity contribution in [3.05, 3.63) is 59.7 Å². The highest BCUT2D eigenvalue weighted by molar-refractivity contribution is 5.29. The van der Waals surface area contributed by atoms with E-state index in [4.69, 9.17) is 4.74 Å². The van der Waals surface area contributed by atoms with Crippen LogP contribution in [-0.4, -0.2) is 6.36 Å². The van der Waals surface area contributed by atoms with Gasteiger partial charge in [0.1, 0.15) is 18.1 Å². The summed E-state index contributed by atoms with van der Waals surface area (Å²) in [6.45, 7) is 6.24. The Morgan fingerprint density at radius 2 is 1.55 bits per heavy atom. The molecule has 0 N–H and O–H groups in total. The second-order valence-electron chi connectivity index (χ2n) is 4.30. The van der Waals surface area contributed by atoms with Crippen LogP contribution >= 0.6 is 0 Å². The SMILES string of the molecule is CC.Cc1cccc(OCc2ccc(OC(F)(F)F)cc2)c1. The zero-order valence-corrected chi connectivity index (χ0v) is 12.8. The number of ether oxygens (including phenoxy) is 2. The molecule has 120 valence electrons. The van der Waals surface area contributed by atoms with Crippen molar-refractivity contribution in [1.82, 2.24) is 0 Å². The molecule has 0 aromatic heterocycles. The molecular formula is C17H19F3O2. The molecule has 0 radical (unpaired) electrons.